The predicted molar refractivity (Wildman–Crippen MR) is 106 cm³/mol. The van der Waals surface area contributed by atoms with E-state index < -0.39 is 0 Å². The molecule has 7 heteroatoms. The van der Waals surface area contributed by atoms with Crippen molar-refractivity contribution in [1.82, 2.24) is 10.2 Å². The van der Waals surface area contributed by atoms with Crippen molar-refractivity contribution in [3.63, 3.8) is 0 Å². The highest BCUT2D eigenvalue weighted by molar-refractivity contribution is 5.93. The molecule has 0 saturated carbocycles. The number of hydrogen-bond donors (Lipinski definition) is 2. The van der Waals surface area contributed by atoms with E-state index in [1.54, 1.807) is 7.11 Å². The quantitative estimate of drug-likeness (QED) is 0.544. The fourth-order valence-electron chi connectivity index (χ4n) is 2.82. The molecule has 0 aromatic heterocycles. The molecule has 1 atom stereocenters. The summed E-state index contributed by atoms with van der Waals surface area (Å²) in [5.74, 6) is 2.21. The maximum absolute atomic E-state index is 5.57. The number of methoxy groups -OCH3 is 1. The van der Waals surface area contributed by atoms with Crippen molar-refractivity contribution >= 4 is 11.6 Å². The zero-order chi connectivity index (χ0) is 18.8. The third-order valence-electron chi connectivity index (χ3n) is 4.25. The van der Waals surface area contributed by atoms with Crippen LogP contribution in [0, 0.1) is 0 Å². The number of nitrogens with one attached hydrogen (secondary N) is 2. The molecule has 0 aliphatic carbocycles. The molecule has 1 aliphatic rings. The Bertz CT molecular complexity index is 574. The van der Waals surface area contributed by atoms with Gasteiger partial charge in [-0.3, -0.25) is 9.89 Å². The number of nitrogens with zero attached hydrogens (tertiary/aromatic N) is 2. The monoisotopic (exact) mass is 364 g/mol. The molecular weight excluding hydrogens is 332 g/mol. The average Bonchev–Trinajstić information content (AvgIpc) is 2.68. The van der Waals surface area contributed by atoms with Crippen LogP contribution in [0.25, 0.3) is 0 Å². The summed E-state index contributed by atoms with van der Waals surface area (Å²) in [5, 5.41) is 6.63. The first kappa shape index (κ1) is 20.3. The van der Waals surface area contributed by atoms with Crippen LogP contribution in [-0.2, 0) is 4.74 Å². The Balaban J connectivity index is 2.02. The van der Waals surface area contributed by atoms with Gasteiger partial charge in [0.1, 0.15) is 0 Å². The summed E-state index contributed by atoms with van der Waals surface area (Å²) in [5.41, 5.74) is 0.907. The molecule has 26 heavy (non-hydrogen) atoms. The normalized spacial score (nSPS) is 16.8. The molecule has 7 nitrogen and oxygen atoms in total. The molecule has 1 aliphatic heterocycles. The van der Waals surface area contributed by atoms with E-state index in [2.05, 4.69) is 29.4 Å². The van der Waals surface area contributed by atoms with Crippen LogP contribution in [0.15, 0.2) is 23.2 Å². The number of aliphatic imine (C=N–C) groups is 1. The van der Waals surface area contributed by atoms with Crippen molar-refractivity contribution in [2.75, 3.05) is 58.4 Å². The second-order valence-corrected chi connectivity index (χ2v) is 6.14. The maximum atomic E-state index is 5.57. The Morgan fingerprint density at radius 2 is 2.04 bits per heavy atom. The van der Waals surface area contributed by atoms with Gasteiger partial charge < -0.3 is 24.8 Å². The van der Waals surface area contributed by atoms with Crippen LogP contribution in [0.5, 0.6) is 11.5 Å². The fraction of sp³-hybridized carbons (Fsp3) is 0.632. The van der Waals surface area contributed by atoms with Gasteiger partial charge in [-0.1, -0.05) is 0 Å². The Morgan fingerprint density at radius 1 is 1.27 bits per heavy atom. The molecule has 0 spiro atoms. The van der Waals surface area contributed by atoms with E-state index in [1.165, 1.54) is 0 Å². The Morgan fingerprint density at radius 3 is 2.69 bits per heavy atom. The summed E-state index contributed by atoms with van der Waals surface area (Å²) in [7, 11) is 1.64. The van der Waals surface area contributed by atoms with Crippen LogP contribution < -0.4 is 20.1 Å². The molecule has 146 valence electrons. The van der Waals surface area contributed by atoms with Crippen LogP contribution in [0.1, 0.15) is 20.8 Å². The van der Waals surface area contributed by atoms with Crippen LogP contribution in [-0.4, -0.2) is 70.0 Å². The van der Waals surface area contributed by atoms with Crippen molar-refractivity contribution < 1.29 is 14.2 Å². The minimum atomic E-state index is 0.379. The number of ether oxygens (including phenoxy) is 3. The van der Waals surface area contributed by atoms with Gasteiger partial charge >= 0.3 is 0 Å². The molecule has 1 saturated heterocycles. The van der Waals surface area contributed by atoms with Crippen LogP contribution in [0.4, 0.5) is 5.69 Å². The van der Waals surface area contributed by atoms with Crippen LogP contribution in [0.2, 0.25) is 0 Å². The second-order valence-electron chi connectivity index (χ2n) is 6.14. The number of morpholine rings is 1. The van der Waals surface area contributed by atoms with Crippen LogP contribution in [0.3, 0.4) is 0 Å². The topological polar surface area (TPSA) is 67.4 Å². The highest BCUT2D eigenvalue weighted by atomic mass is 16.5. The average molecular weight is 364 g/mol. The lowest BCUT2D eigenvalue weighted by molar-refractivity contribution is 0.0220. The first-order valence-corrected chi connectivity index (χ1v) is 9.35. The third-order valence-corrected chi connectivity index (χ3v) is 4.25. The standard InChI is InChI=1S/C19H32N4O3/c1-5-20-19(21-14-15(3)23-9-11-25-12-10-23)22-16-7-8-17(26-6-2)18(13-16)24-4/h7-8,13,15H,5-6,9-12,14H2,1-4H3,(H2,20,21,22). The fourth-order valence-corrected chi connectivity index (χ4v) is 2.82. The van der Waals surface area contributed by atoms with Crippen molar-refractivity contribution in [2.45, 2.75) is 26.8 Å². The van der Waals surface area contributed by atoms with Crippen molar-refractivity contribution in [3.8, 4) is 11.5 Å². The van der Waals surface area contributed by atoms with Gasteiger partial charge in [0.15, 0.2) is 17.5 Å². The van der Waals surface area contributed by atoms with E-state index in [0.717, 1.165) is 56.8 Å². The predicted octanol–water partition coefficient (Wildman–Crippen LogP) is 2.19. The molecule has 2 rings (SSSR count). The van der Waals surface area contributed by atoms with Gasteiger partial charge in [-0.25, -0.2) is 0 Å². The highest BCUT2D eigenvalue weighted by Crippen LogP contribution is 2.30. The number of rotatable bonds is 8. The summed E-state index contributed by atoms with van der Waals surface area (Å²) in [4.78, 5) is 7.15. The van der Waals surface area contributed by atoms with Gasteiger partial charge in [0, 0.05) is 37.4 Å². The van der Waals surface area contributed by atoms with E-state index in [0.29, 0.717) is 18.4 Å². The van der Waals surface area contributed by atoms with Gasteiger partial charge in [0.25, 0.3) is 0 Å². The molecule has 1 aromatic carbocycles. The molecule has 0 amide bonds. The summed E-state index contributed by atoms with van der Waals surface area (Å²) < 4.78 is 16.4. The Kier molecular flexibility index (Phi) is 8.50. The lowest BCUT2D eigenvalue weighted by Gasteiger charge is -2.31. The molecule has 0 bridgehead atoms. The van der Waals surface area contributed by atoms with Crippen molar-refractivity contribution in [3.05, 3.63) is 18.2 Å². The van der Waals surface area contributed by atoms with E-state index in [-0.39, 0.29) is 0 Å². The first-order valence-electron chi connectivity index (χ1n) is 9.35. The van der Waals surface area contributed by atoms with Gasteiger partial charge in [0.2, 0.25) is 0 Å². The SMILES string of the molecule is CCNC(=NCC(C)N1CCOCC1)Nc1ccc(OCC)c(OC)c1. The first-order chi connectivity index (χ1) is 12.7. The summed E-state index contributed by atoms with van der Waals surface area (Å²) in [6, 6.07) is 6.17. The molecule has 1 fully saturated rings. The maximum Gasteiger partial charge on any atom is 0.195 e. The van der Waals surface area contributed by atoms with E-state index in [4.69, 9.17) is 19.2 Å². The molecule has 1 unspecified atom stereocenters. The molecule has 1 aromatic rings. The van der Waals surface area contributed by atoms with Crippen molar-refractivity contribution in [1.29, 1.82) is 0 Å². The van der Waals surface area contributed by atoms with Crippen molar-refractivity contribution in [2.24, 2.45) is 4.99 Å². The summed E-state index contributed by atoms with van der Waals surface area (Å²) in [6.07, 6.45) is 0. The molecular formula is C19H32N4O3. The Hall–Kier alpha value is -1.99. The number of benzene rings is 1. The second kappa shape index (κ2) is 10.9. The smallest absolute Gasteiger partial charge is 0.195 e. The van der Waals surface area contributed by atoms with E-state index >= 15 is 0 Å². The van der Waals surface area contributed by atoms with E-state index in [9.17, 15) is 0 Å². The zero-order valence-electron chi connectivity index (χ0n) is 16.4. The highest BCUT2D eigenvalue weighted by Gasteiger charge is 2.16. The molecule has 0 radical (unpaired) electrons. The minimum absolute atomic E-state index is 0.379. The summed E-state index contributed by atoms with van der Waals surface area (Å²) in [6.45, 7) is 11.9. The largest absolute Gasteiger partial charge is 0.493 e. The van der Waals surface area contributed by atoms with Gasteiger partial charge in [-0.15, -0.1) is 0 Å². The minimum Gasteiger partial charge on any atom is -0.493 e. The molecule has 1 heterocycles. The lowest BCUT2D eigenvalue weighted by Crippen LogP contribution is -2.44. The Labute approximate surface area is 156 Å². The number of guanidine groups is 1. The van der Waals surface area contributed by atoms with Gasteiger partial charge in [-0.2, -0.15) is 0 Å². The van der Waals surface area contributed by atoms with Crippen LogP contribution >= 0.6 is 0 Å². The summed E-state index contributed by atoms with van der Waals surface area (Å²) >= 11 is 0. The number of hydrogen-bond acceptors (Lipinski definition) is 5. The third kappa shape index (κ3) is 6.07. The van der Waals surface area contributed by atoms with E-state index in [1.807, 2.05) is 25.1 Å². The zero-order valence-corrected chi connectivity index (χ0v) is 16.4. The number of anilines is 1. The lowest BCUT2D eigenvalue weighted by atomic mass is 10.2. The van der Waals surface area contributed by atoms with Gasteiger partial charge in [-0.05, 0) is 32.9 Å². The van der Waals surface area contributed by atoms with Gasteiger partial charge in [0.05, 0.1) is 33.5 Å². The molecule has 2 N–H and O–H groups in total.